The molecule has 1 saturated carbocycles. The first-order valence-electron chi connectivity index (χ1n) is 5.66. The van der Waals surface area contributed by atoms with Gasteiger partial charge in [-0.2, -0.15) is 12.6 Å². The van der Waals surface area contributed by atoms with Gasteiger partial charge in [-0.3, -0.25) is 4.79 Å². The SMILES string of the molecule is CC(S)C(=O)NCCC1CCCCC1. The highest BCUT2D eigenvalue weighted by molar-refractivity contribution is 7.81. The minimum atomic E-state index is -0.179. The van der Waals surface area contributed by atoms with Crippen LogP contribution in [0, 0.1) is 5.92 Å². The van der Waals surface area contributed by atoms with E-state index in [1.165, 1.54) is 32.1 Å². The van der Waals surface area contributed by atoms with Crippen molar-refractivity contribution in [3.8, 4) is 0 Å². The molecule has 1 aliphatic carbocycles. The molecule has 1 unspecified atom stereocenters. The van der Waals surface area contributed by atoms with E-state index in [9.17, 15) is 4.79 Å². The molecule has 14 heavy (non-hydrogen) atoms. The first-order chi connectivity index (χ1) is 6.70. The van der Waals surface area contributed by atoms with Gasteiger partial charge in [0.05, 0.1) is 5.25 Å². The minimum absolute atomic E-state index is 0.0594. The van der Waals surface area contributed by atoms with E-state index < -0.39 is 0 Å². The highest BCUT2D eigenvalue weighted by Gasteiger charge is 2.13. The molecule has 3 heteroatoms. The number of hydrogen-bond acceptors (Lipinski definition) is 2. The zero-order chi connectivity index (χ0) is 10.4. The normalized spacial score (nSPS) is 20.4. The van der Waals surface area contributed by atoms with Crippen molar-refractivity contribution < 1.29 is 4.79 Å². The molecule has 0 spiro atoms. The lowest BCUT2D eigenvalue weighted by molar-refractivity contribution is -0.120. The summed E-state index contributed by atoms with van der Waals surface area (Å²) in [4.78, 5) is 11.2. The Kier molecular flexibility index (Phi) is 5.38. The summed E-state index contributed by atoms with van der Waals surface area (Å²) in [5, 5.41) is 2.73. The first kappa shape index (κ1) is 11.9. The van der Waals surface area contributed by atoms with Crippen LogP contribution in [0.3, 0.4) is 0 Å². The number of carbonyl (C=O) groups excluding carboxylic acids is 1. The second-order valence-electron chi connectivity index (χ2n) is 4.26. The largest absolute Gasteiger partial charge is 0.355 e. The average molecular weight is 215 g/mol. The summed E-state index contributed by atoms with van der Waals surface area (Å²) in [5.74, 6) is 0.906. The van der Waals surface area contributed by atoms with Crippen LogP contribution in [0.25, 0.3) is 0 Å². The van der Waals surface area contributed by atoms with E-state index in [0.717, 1.165) is 18.9 Å². The van der Waals surface area contributed by atoms with E-state index in [4.69, 9.17) is 0 Å². The van der Waals surface area contributed by atoms with Crippen molar-refractivity contribution in [2.75, 3.05) is 6.54 Å². The molecule has 1 rings (SSSR count). The van der Waals surface area contributed by atoms with Crippen LogP contribution in [-0.2, 0) is 4.79 Å². The fraction of sp³-hybridized carbons (Fsp3) is 0.909. The summed E-state index contributed by atoms with van der Waals surface area (Å²) in [7, 11) is 0. The molecule has 1 N–H and O–H groups in total. The summed E-state index contributed by atoms with van der Waals surface area (Å²) in [6.07, 6.45) is 8.00. The molecule has 0 saturated heterocycles. The highest BCUT2D eigenvalue weighted by Crippen LogP contribution is 2.25. The Balaban J connectivity index is 2.05. The van der Waals surface area contributed by atoms with Gasteiger partial charge in [-0.05, 0) is 19.3 Å². The van der Waals surface area contributed by atoms with Crippen LogP contribution in [0.15, 0.2) is 0 Å². The Morgan fingerprint density at radius 2 is 2.07 bits per heavy atom. The Labute approximate surface area is 92.2 Å². The molecule has 1 aliphatic rings. The number of rotatable bonds is 4. The highest BCUT2D eigenvalue weighted by atomic mass is 32.1. The van der Waals surface area contributed by atoms with Crippen molar-refractivity contribution in [1.29, 1.82) is 0 Å². The second-order valence-corrected chi connectivity index (χ2v) is 5.03. The minimum Gasteiger partial charge on any atom is -0.355 e. The summed E-state index contributed by atoms with van der Waals surface area (Å²) in [6.45, 7) is 2.63. The lowest BCUT2D eigenvalue weighted by Gasteiger charge is -2.21. The Morgan fingerprint density at radius 1 is 1.43 bits per heavy atom. The molecule has 0 aromatic carbocycles. The third kappa shape index (κ3) is 4.36. The van der Waals surface area contributed by atoms with Gasteiger partial charge in [0.15, 0.2) is 0 Å². The van der Waals surface area contributed by atoms with Crippen LogP contribution >= 0.6 is 12.6 Å². The number of hydrogen-bond donors (Lipinski definition) is 2. The van der Waals surface area contributed by atoms with Crippen molar-refractivity contribution >= 4 is 18.5 Å². The third-order valence-corrected chi connectivity index (χ3v) is 3.19. The number of amides is 1. The van der Waals surface area contributed by atoms with Crippen LogP contribution in [0.5, 0.6) is 0 Å². The molecule has 0 aliphatic heterocycles. The van der Waals surface area contributed by atoms with Crippen molar-refractivity contribution in [2.24, 2.45) is 5.92 Å². The topological polar surface area (TPSA) is 29.1 Å². The van der Waals surface area contributed by atoms with Crippen molar-refractivity contribution in [3.05, 3.63) is 0 Å². The number of carbonyl (C=O) groups is 1. The second kappa shape index (κ2) is 6.33. The zero-order valence-electron chi connectivity index (χ0n) is 8.96. The van der Waals surface area contributed by atoms with Crippen LogP contribution in [0.4, 0.5) is 0 Å². The molecule has 0 bridgehead atoms. The van der Waals surface area contributed by atoms with Gasteiger partial charge in [-0.15, -0.1) is 0 Å². The van der Waals surface area contributed by atoms with E-state index in [0.29, 0.717) is 0 Å². The van der Waals surface area contributed by atoms with E-state index in [1.54, 1.807) is 6.92 Å². The summed E-state index contributed by atoms with van der Waals surface area (Å²) in [6, 6.07) is 0. The lowest BCUT2D eigenvalue weighted by Crippen LogP contribution is -2.31. The van der Waals surface area contributed by atoms with E-state index >= 15 is 0 Å². The molecule has 1 atom stereocenters. The Hall–Kier alpha value is -0.180. The van der Waals surface area contributed by atoms with Gasteiger partial charge < -0.3 is 5.32 Å². The smallest absolute Gasteiger partial charge is 0.232 e. The van der Waals surface area contributed by atoms with Gasteiger partial charge in [0.1, 0.15) is 0 Å². The zero-order valence-corrected chi connectivity index (χ0v) is 9.85. The predicted molar refractivity (Wildman–Crippen MR) is 62.6 cm³/mol. The molecule has 1 fully saturated rings. The summed E-state index contributed by atoms with van der Waals surface area (Å²) >= 11 is 4.08. The standard InChI is InChI=1S/C11H21NOS/c1-9(14)11(13)12-8-7-10-5-3-2-4-6-10/h9-10,14H,2-8H2,1H3,(H,12,13). The molecular formula is C11H21NOS. The van der Waals surface area contributed by atoms with Gasteiger partial charge in [-0.1, -0.05) is 32.1 Å². The van der Waals surface area contributed by atoms with E-state index in [2.05, 4.69) is 17.9 Å². The molecule has 0 aromatic rings. The quantitative estimate of drug-likeness (QED) is 0.693. The Bertz CT molecular complexity index is 176. The van der Waals surface area contributed by atoms with Gasteiger partial charge in [0.25, 0.3) is 0 Å². The van der Waals surface area contributed by atoms with Gasteiger partial charge in [-0.25, -0.2) is 0 Å². The van der Waals surface area contributed by atoms with Crippen molar-refractivity contribution in [3.63, 3.8) is 0 Å². The monoisotopic (exact) mass is 215 g/mol. The third-order valence-electron chi connectivity index (χ3n) is 2.96. The number of nitrogens with one attached hydrogen (secondary N) is 1. The molecule has 0 heterocycles. The lowest BCUT2D eigenvalue weighted by atomic mass is 9.87. The van der Waals surface area contributed by atoms with Crippen molar-refractivity contribution in [1.82, 2.24) is 5.32 Å². The maximum atomic E-state index is 11.2. The van der Waals surface area contributed by atoms with Crippen LogP contribution in [0.2, 0.25) is 0 Å². The van der Waals surface area contributed by atoms with Crippen LogP contribution in [-0.4, -0.2) is 17.7 Å². The van der Waals surface area contributed by atoms with Crippen LogP contribution < -0.4 is 5.32 Å². The van der Waals surface area contributed by atoms with E-state index in [1.807, 2.05) is 0 Å². The molecular weight excluding hydrogens is 194 g/mol. The predicted octanol–water partition coefficient (Wildman–Crippen LogP) is 2.39. The molecule has 0 aromatic heterocycles. The summed E-state index contributed by atoms with van der Waals surface area (Å²) < 4.78 is 0. The molecule has 82 valence electrons. The molecule has 1 amide bonds. The summed E-state index contributed by atoms with van der Waals surface area (Å²) in [5.41, 5.74) is 0. The van der Waals surface area contributed by atoms with Crippen LogP contribution in [0.1, 0.15) is 45.4 Å². The first-order valence-corrected chi connectivity index (χ1v) is 6.17. The van der Waals surface area contributed by atoms with Crippen molar-refractivity contribution in [2.45, 2.75) is 50.7 Å². The maximum absolute atomic E-state index is 11.2. The van der Waals surface area contributed by atoms with E-state index in [-0.39, 0.29) is 11.2 Å². The number of thiol groups is 1. The van der Waals surface area contributed by atoms with Gasteiger partial charge >= 0.3 is 0 Å². The van der Waals surface area contributed by atoms with Gasteiger partial charge in [0.2, 0.25) is 5.91 Å². The maximum Gasteiger partial charge on any atom is 0.232 e. The Morgan fingerprint density at radius 3 is 2.64 bits per heavy atom. The molecule has 2 nitrogen and oxygen atoms in total. The molecule has 0 radical (unpaired) electrons. The van der Waals surface area contributed by atoms with Gasteiger partial charge in [0, 0.05) is 6.54 Å². The fourth-order valence-electron chi connectivity index (χ4n) is 2.02. The fourth-order valence-corrected chi connectivity index (χ4v) is 2.11. The average Bonchev–Trinajstić information content (AvgIpc) is 2.19.